The molecule has 1 aromatic rings. The minimum atomic E-state index is -0.846. The first-order valence-electron chi connectivity index (χ1n) is 4.77. The summed E-state index contributed by atoms with van der Waals surface area (Å²) in [4.78, 5) is 14.6. The molecule has 0 bridgehead atoms. The molecule has 0 radical (unpaired) electrons. The van der Waals surface area contributed by atoms with E-state index in [-0.39, 0.29) is 18.9 Å². The molecular formula is C11H14O4. The Morgan fingerprint density at radius 3 is 2.53 bits per heavy atom. The summed E-state index contributed by atoms with van der Waals surface area (Å²) >= 11 is 0. The van der Waals surface area contributed by atoms with E-state index >= 15 is 0 Å². The van der Waals surface area contributed by atoms with Crippen molar-refractivity contribution in [1.82, 2.24) is 0 Å². The van der Waals surface area contributed by atoms with Crippen LogP contribution < -0.4 is 0 Å². The Morgan fingerprint density at radius 2 is 2.00 bits per heavy atom. The largest absolute Gasteiger partial charge is 0.481 e. The molecule has 1 atom stereocenters. The lowest BCUT2D eigenvalue weighted by Crippen LogP contribution is -2.08. The highest BCUT2D eigenvalue weighted by atomic mass is 17.1. The zero-order valence-corrected chi connectivity index (χ0v) is 8.30. The number of carbonyl (C=O) groups is 1. The predicted molar refractivity (Wildman–Crippen MR) is 54.6 cm³/mol. The normalized spacial score (nSPS) is 12.3. The van der Waals surface area contributed by atoms with Crippen LogP contribution in [0.4, 0.5) is 0 Å². The summed E-state index contributed by atoms with van der Waals surface area (Å²) in [5, 5.41) is 17.0. The summed E-state index contributed by atoms with van der Waals surface area (Å²) in [5.41, 5.74) is 0.956. The lowest BCUT2D eigenvalue weighted by atomic mass is 9.93. The van der Waals surface area contributed by atoms with Gasteiger partial charge in [0.05, 0.1) is 13.0 Å². The molecule has 0 amide bonds. The van der Waals surface area contributed by atoms with E-state index in [4.69, 9.17) is 10.4 Å². The Balaban J connectivity index is 2.67. The van der Waals surface area contributed by atoms with Crippen molar-refractivity contribution < 1.29 is 20.0 Å². The predicted octanol–water partition coefficient (Wildman–Crippen LogP) is 2.12. The van der Waals surface area contributed by atoms with Crippen molar-refractivity contribution in [3.05, 3.63) is 35.9 Å². The molecule has 0 aliphatic rings. The number of carboxylic acids is 1. The van der Waals surface area contributed by atoms with Gasteiger partial charge in [0, 0.05) is 0 Å². The van der Waals surface area contributed by atoms with Gasteiger partial charge < -0.3 is 5.11 Å². The van der Waals surface area contributed by atoms with E-state index in [9.17, 15) is 4.79 Å². The summed E-state index contributed by atoms with van der Waals surface area (Å²) in [6.07, 6.45) is 0.542. The van der Waals surface area contributed by atoms with Crippen molar-refractivity contribution in [2.75, 3.05) is 6.61 Å². The van der Waals surface area contributed by atoms with Crippen molar-refractivity contribution in [1.29, 1.82) is 0 Å². The topological polar surface area (TPSA) is 66.8 Å². The summed E-state index contributed by atoms with van der Waals surface area (Å²) in [7, 11) is 0. The molecule has 0 aliphatic carbocycles. The lowest BCUT2D eigenvalue weighted by molar-refractivity contribution is -0.243. The first-order chi connectivity index (χ1) is 7.24. The second kappa shape index (κ2) is 6.16. The van der Waals surface area contributed by atoms with E-state index in [1.165, 1.54) is 0 Å². The fourth-order valence-electron chi connectivity index (χ4n) is 1.52. The number of carboxylic acid groups (broad SMARTS) is 1. The lowest BCUT2D eigenvalue weighted by Gasteiger charge is -2.13. The molecule has 82 valence electrons. The van der Waals surface area contributed by atoms with Crippen LogP contribution in [-0.2, 0) is 9.68 Å². The van der Waals surface area contributed by atoms with Crippen molar-refractivity contribution in [2.45, 2.75) is 18.8 Å². The molecule has 4 nitrogen and oxygen atoms in total. The number of aliphatic carboxylic acids is 1. The van der Waals surface area contributed by atoms with Crippen LogP contribution in [-0.4, -0.2) is 22.9 Å². The van der Waals surface area contributed by atoms with Gasteiger partial charge in [-0.25, -0.2) is 4.89 Å². The third-order valence-electron chi connectivity index (χ3n) is 2.25. The molecule has 1 aromatic carbocycles. The van der Waals surface area contributed by atoms with Crippen LogP contribution in [0.1, 0.15) is 24.3 Å². The monoisotopic (exact) mass is 210 g/mol. The molecular weight excluding hydrogens is 196 g/mol. The quantitative estimate of drug-likeness (QED) is 0.557. The Morgan fingerprint density at radius 1 is 1.33 bits per heavy atom. The molecule has 0 heterocycles. The van der Waals surface area contributed by atoms with E-state index in [2.05, 4.69) is 4.89 Å². The van der Waals surface area contributed by atoms with Crippen molar-refractivity contribution in [3.8, 4) is 0 Å². The third kappa shape index (κ3) is 4.10. The van der Waals surface area contributed by atoms with Gasteiger partial charge in [0.1, 0.15) is 0 Å². The summed E-state index contributed by atoms with van der Waals surface area (Å²) in [6.45, 7) is 0.146. The molecule has 0 fully saturated rings. The maximum Gasteiger partial charge on any atom is 0.303 e. The maximum atomic E-state index is 10.6. The average molecular weight is 210 g/mol. The maximum absolute atomic E-state index is 10.6. The van der Waals surface area contributed by atoms with Gasteiger partial charge in [0.15, 0.2) is 0 Å². The smallest absolute Gasteiger partial charge is 0.303 e. The molecule has 0 aliphatic heterocycles. The Kier molecular flexibility index (Phi) is 4.80. The Bertz CT molecular complexity index is 297. The van der Waals surface area contributed by atoms with Crippen LogP contribution in [0, 0.1) is 0 Å². The summed E-state index contributed by atoms with van der Waals surface area (Å²) in [6, 6.07) is 9.37. The molecule has 0 spiro atoms. The Hall–Kier alpha value is -1.39. The second-order valence-corrected chi connectivity index (χ2v) is 3.33. The van der Waals surface area contributed by atoms with Crippen molar-refractivity contribution in [2.24, 2.45) is 0 Å². The molecule has 1 rings (SSSR count). The van der Waals surface area contributed by atoms with E-state index in [1.807, 2.05) is 30.3 Å². The molecule has 15 heavy (non-hydrogen) atoms. The van der Waals surface area contributed by atoms with Crippen LogP contribution in [0.5, 0.6) is 0 Å². The molecule has 0 aromatic heterocycles. The van der Waals surface area contributed by atoms with Crippen LogP contribution in [0.25, 0.3) is 0 Å². The minimum absolute atomic E-state index is 0.0490. The fraction of sp³-hybridized carbons (Fsp3) is 0.364. The molecule has 2 N–H and O–H groups in total. The number of rotatable bonds is 6. The average Bonchev–Trinajstić information content (AvgIpc) is 2.25. The Labute approximate surface area is 88.0 Å². The first kappa shape index (κ1) is 11.7. The number of hydrogen-bond donors (Lipinski definition) is 2. The number of hydrogen-bond acceptors (Lipinski definition) is 3. The number of benzene rings is 1. The van der Waals surface area contributed by atoms with Crippen LogP contribution in [0.15, 0.2) is 30.3 Å². The van der Waals surface area contributed by atoms with E-state index < -0.39 is 5.97 Å². The van der Waals surface area contributed by atoms with Gasteiger partial charge >= 0.3 is 5.97 Å². The van der Waals surface area contributed by atoms with Gasteiger partial charge in [0.2, 0.25) is 0 Å². The van der Waals surface area contributed by atoms with Crippen molar-refractivity contribution in [3.63, 3.8) is 0 Å². The highest BCUT2D eigenvalue weighted by Crippen LogP contribution is 2.23. The minimum Gasteiger partial charge on any atom is -0.481 e. The van der Waals surface area contributed by atoms with E-state index in [1.54, 1.807) is 0 Å². The first-order valence-corrected chi connectivity index (χ1v) is 4.77. The van der Waals surface area contributed by atoms with E-state index in [0.717, 1.165) is 5.56 Å². The molecule has 1 unspecified atom stereocenters. The summed E-state index contributed by atoms with van der Waals surface area (Å²) < 4.78 is 0. The van der Waals surface area contributed by atoms with Gasteiger partial charge in [-0.3, -0.25) is 10.1 Å². The third-order valence-corrected chi connectivity index (χ3v) is 2.25. The zero-order valence-electron chi connectivity index (χ0n) is 8.30. The fourth-order valence-corrected chi connectivity index (χ4v) is 1.52. The second-order valence-electron chi connectivity index (χ2n) is 3.33. The van der Waals surface area contributed by atoms with Gasteiger partial charge in [-0.1, -0.05) is 30.3 Å². The van der Waals surface area contributed by atoms with Crippen LogP contribution in [0.2, 0.25) is 0 Å². The van der Waals surface area contributed by atoms with Gasteiger partial charge in [-0.05, 0) is 17.9 Å². The van der Waals surface area contributed by atoms with E-state index in [0.29, 0.717) is 6.42 Å². The van der Waals surface area contributed by atoms with Crippen LogP contribution in [0.3, 0.4) is 0 Å². The van der Waals surface area contributed by atoms with Gasteiger partial charge in [-0.15, -0.1) is 0 Å². The molecule has 0 saturated heterocycles. The standard InChI is InChI=1S/C11H14O4/c12-11(13)8-10(6-7-15-14)9-4-2-1-3-5-9/h1-5,10,14H,6-8H2,(H,12,13). The van der Waals surface area contributed by atoms with Gasteiger partial charge in [0.25, 0.3) is 0 Å². The molecule has 4 heteroatoms. The zero-order chi connectivity index (χ0) is 11.1. The highest BCUT2D eigenvalue weighted by Gasteiger charge is 2.14. The van der Waals surface area contributed by atoms with Crippen molar-refractivity contribution >= 4 is 5.97 Å². The highest BCUT2D eigenvalue weighted by molar-refractivity contribution is 5.68. The SMILES string of the molecule is O=C(O)CC(CCOO)c1ccccc1. The van der Waals surface area contributed by atoms with Crippen LogP contribution >= 0.6 is 0 Å². The van der Waals surface area contributed by atoms with Gasteiger partial charge in [-0.2, -0.15) is 0 Å². The molecule has 0 saturated carbocycles. The summed E-state index contributed by atoms with van der Waals surface area (Å²) in [5.74, 6) is -0.961.